The molecule has 0 unspecified atom stereocenters. The number of benzene rings is 1. The van der Waals surface area contributed by atoms with Crippen molar-refractivity contribution in [1.29, 1.82) is 0 Å². The predicted octanol–water partition coefficient (Wildman–Crippen LogP) is 2.92. The highest BCUT2D eigenvalue weighted by Gasteiger charge is 2.28. The molecule has 0 aliphatic rings. The molecule has 0 aliphatic heterocycles. The van der Waals surface area contributed by atoms with E-state index in [2.05, 4.69) is 4.72 Å². The third-order valence-electron chi connectivity index (χ3n) is 3.91. The minimum absolute atomic E-state index is 0.0828. The summed E-state index contributed by atoms with van der Waals surface area (Å²) in [4.78, 5) is -0.0952. The Labute approximate surface area is 130 Å². The molecule has 1 aromatic carbocycles. The molecule has 0 aromatic heterocycles. The molecule has 120 valence electrons. The van der Waals surface area contributed by atoms with E-state index in [1.54, 1.807) is 11.8 Å². The van der Waals surface area contributed by atoms with E-state index in [4.69, 9.17) is 5.73 Å². The quantitative estimate of drug-likeness (QED) is 0.752. The lowest BCUT2D eigenvalue weighted by Gasteiger charge is -2.29. The van der Waals surface area contributed by atoms with E-state index < -0.39 is 15.8 Å². The second-order valence-corrected chi connectivity index (χ2v) is 8.05. The number of nitrogen functional groups attached to an aromatic ring is 1. The van der Waals surface area contributed by atoms with Crippen molar-refractivity contribution in [2.45, 2.75) is 43.3 Å². The lowest BCUT2D eigenvalue weighted by molar-refractivity contribution is 0.521. The molecular formula is C14H23FN2O2S2. The van der Waals surface area contributed by atoms with Gasteiger partial charge in [-0.25, -0.2) is 17.5 Å². The first-order valence-corrected chi connectivity index (χ1v) is 9.52. The Morgan fingerprint density at radius 1 is 1.33 bits per heavy atom. The summed E-state index contributed by atoms with van der Waals surface area (Å²) in [6.45, 7) is 5.80. The molecule has 4 nitrogen and oxygen atoms in total. The Morgan fingerprint density at radius 2 is 1.90 bits per heavy atom. The summed E-state index contributed by atoms with van der Waals surface area (Å²) in [5, 5.41) is 0. The zero-order chi connectivity index (χ0) is 16.3. The molecule has 0 radical (unpaired) electrons. The van der Waals surface area contributed by atoms with E-state index in [0.29, 0.717) is 6.54 Å². The van der Waals surface area contributed by atoms with Gasteiger partial charge in [-0.1, -0.05) is 13.8 Å². The van der Waals surface area contributed by atoms with Gasteiger partial charge in [0.1, 0.15) is 5.82 Å². The van der Waals surface area contributed by atoms with Crippen LogP contribution in [0.25, 0.3) is 0 Å². The first-order valence-electron chi connectivity index (χ1n) is 6.81. The zero-order valence-corrected chi connectivity index (χ0v) is 14.5. The number of thioether (sulfide) groups is 1. The van der Waals surface area contributed by atoms with Crippen LogP contribution in [0, 0.1) is 12.7 Å². The third-order valence-corrected chi connectivity index (χ3v) is 7.03. The number of hydrogen-bond acceptors (Lipinski definition) is 4. The smallest absolute Gasteiger partial charge is 0.241 e. The van der Waals surface area contributed by atoms with Crippen LogP contribution < -0.4 is 10.5 Å². The van der Waals surface area contributed by atoms with Crippen LogP contribution in [0.2, 0.25) is 0 Å². The highest BCUT2D eigenvalue weighted by molar-refractivity contribution is 8.00. The number of rotatable bonds is 7. The fourth-order valence-corrected chi connectivity index (χ4v) is 4.42. The summed E-state index contributed by atoms with van der Waals surface area (Å²) >= 11 is 1.64. The molecule has 0 saturated heterocycles. The van der Waals surface area contributed by atoms with E-state index in [1.165, 1.54) is 13.0 Å². The van der Waals surface area contributed by atoms with Gasteiger partial charge in [-0.15, -0.1) is 0 Å². The summed E-state index contributed by atoms with van der Waals surface area (Å²) in [6.07, 6.45) is 3.65. The number of halogens is 1. The van der Waals surface area contributed by atoms with Gasteiger partial charge in [-0.3, -0.25) is 0 Å². The van der Waals surface area contributed by atoms with E-state index in [-0.39, 0.29) is 20.9 Å². The number of anilines is 1. The Bertz CT molecular complexity index is 591. The average molecular weight is 334 g/mol. The van der Waals surface area contributed by atoms with E-state index in [9.17, 15) is 12.8 Å². The lowest BCUT2D eigenvalue weighted by atomic mass is 10.0. The molecule has 0 atom stereocenters. The van der Waals surface area contributed by atoms with Crippen molar-refractivity contribution in [1.82, 2.24) is 4.72 Å². The van der Waals surface area contributed by atoms with Crippen LogP contribution in [-0.2, 0) is 10.0 Å². The second kappa shape index (κ2) is 6.98. The number of sulfonamides is 1. The average Bonchev–Trinajstić information content (AvgIpc) is 2.45. The molecule has 1 aromatic rings. The van der Waals surface area contributed by atoms with Gasteiger partial charge in [0.15, 0.2) is 0 Å². The van der Waals surface area contributed by atoms with Crippen molar-refractivity contribution in [2.75, 3.05) is 18.5 Å². The van der Waals surface area contributed by atoms with Gasteiger partial charge in [0.2, 0.25) is 10.0 Å². The van der Waals surface area contributed by atoms with Crippen LogP contribution in [0.5, 0.6) is 0 Å². The Hall–Kier alpha value is -0.790. The number of hydrogen-bond donors (Lipinski definition) is 2. The lowest BCUT2D eigenvalue weighted by Crippen LogP contribution is -2.39. The molecular weight excluding hydrogens is 311 g/mol. The van der Waals surface area contributed by atoms with Crippen molar-refractivity contribution in [3.63, 3.8) is 0 Å². The molecule has 21 heavy (non-hydrogen) atoms. The maximum atomic E-state index is 13.7. The van der Waals surface area contributed by atoms with Crippen LogP contribution in [0.3, 0.4) is 0 Å². The monoisotopic (exact) mass is 334 g/mol. The normalized spacial score (nSPS) is 12.6. The van der Waals surface area contributed by atoms with E-state index >= 15 is 0 Å². The van der Waals surface area contributed by atoms with Crippen molar-refractivity contribution < 1.29 is 12.8 Å². The summed E-state index contributed by atoms with van der Waals surface area (Å²) in [5.74, 6) is -0.613. The molecule has 0 saturated carbocycles. The Kier molecular flexibility index (Phi) is 6.07. The zero-order valence-electron chi connectivity index (χ0n) is 12.9. The maximum Gasteiger partial charge on any atom is 0.241 e. The highest BCUT2D eigenvalue weighted by Crippen LogP contribution is 2.30. The van der Waals surface area contributed by atoms with E-state index in [1.807, 2.05) is 20.1 Å². The molecule has 0 amide bonds. The van der Waals surface area contributed by atoms with Crippen LogP contribution in [0.4, 0.5) is 10.1 Å². The van der Waals surface area contributed by atoms with Crippen molar-refractivity contribution in [2.24, 2.45) is 0 Å². The standard InChI is InChI=1S/C14H23FN2O2S2/c1-5-14(6-2,20-4)9-17-21(18,19)13-8-11(16)7-12(15)10(13)3/h7-8,17H,5-6,9,16H2,1-4H3. The molecule has 0 bridgehead atoms. The van der Waals surface area contributed by atoms with Gasteiger partial charge in [-0.05, 0) is 38.2 Å². The van der Waals surface area contributed by atoms with E-state index in [0.717, 1.165) is 18.9 Å². The Balaban J connectivity index is 3.08. The molecule has 0 spiro atoms. The minimum atomic E-state index is -3.78. The van der Waals surface area contributed by atoms with Crippen LogP contribution in [0.15, 0.2) is 17.0 Å². The fraction of sp³-hybridized carbons (Fsp3) is 0.571. The topological polar surface area (TPSA) is 72.2 Å². The van der Waals surface area contributed by atoms with Gasteiger partial charge < -0.3 is 5.73 Å². The number of nitrogens with one attached hydrogen (secondary N) is 1. The first-order chi connectivity index (χ1) is 9.71. The summed E-state index contributed by atoms with van der Waals surface area (Å²) in [5.41, 5.74) is 5.73. The van der Waals surface area contributed by atoms with Crippen LogP contribution >= 0.6 is 11.8 Å². The second-order valence-electron chi connectivity index (χ2n) is 5.04. The Morgan fingerprint density at radius 3 is 2.38 bits per heavy atom. The SMILES string of the molecule is CCC(CC)(CNS(=O)(=O)c1cc(N)cc(F)c1C)SC. The minimum Gasteiger partial charge on any atom is -0.399 e. The summed E-state index contributed by atoms with van der Waals surface area (Å²) < 4.78 is 40.9. The van der Waals surface area contributed by atoms with Crippen molar-refractivity contribution in [3.05, 3.63) is 23.5 Å². The molecule has 1 rings (SSSR count). The summed E-state index contributed by atoms with van der Waals surface area (Å²) in [7, 11) is -3.78. The number of nitrogens with two attached hydrogens (primary N) is 1. The van der Waals surface area contributed by atoms with Crippen molar-refractivity contribution in [3.8, 4) is 0 Å². The van der Waals surface area contributed by atoms with Crippen LogP contribution in [-0.4, -0.2) is 26.0 Å². The summed E-state index contributed by atoms with van der Waals surface area (Å²) in [6, 6.07) is 2.41. The molecule has 0 fully saturated rings. The third kappa shape index (κ3) is 4.11. The van der Waals surface area contributed by atoms with Gasteiger partial charge in [-0.2, -0.15) is 11.8 Å². The van der Waals surface area contributed by atoms with Gasteiger partial charge in [0.25, 0.3) is 0 Å². The van der Waals surface area contributed by atoms with Crippen LogP contribution in [0.1, 0.15) is 32.3 Å². The molecule has 0 heterocycles. The molecule has 7 heteroatoms. The van der Waals surface area contributed by atoms with Gasteiger partial charge >= 0.3 is 0 Å². The first kappa shape index (κ1) is 18.3. The predicted molar refractivity (Wildman–Crippen MR) is 87.6 cm³/mol. The maximum absolute atomic E-state index is 13.7. The molecule has 0 aliphatic carbocycles. The van der Waals surface area contributed by atoms with Gasteiger partial charge in [0, 0.05) is 22.5 Å². The fourth-order valence-electron chi connectivity index (χ4n) is 2.12. The van der Waals surface area contributed by atoms with Crippen molar-refractivity contribution >= 4 is 27.5 Å². The largest absolute Gasteiger partial charge is 0.399 e. The molecule has 3 N–H and O–H groups in total. The van der Waals surface area contributed by atoms with Gasteiger partial charge in [0.05, 0.1) is 4.90 Å². The highest BCUT2D eigenvalue weighted by atomic mass is 32.2.